The molecule has 0 atom stereocenters. The van der Waals surface area contributed by atoms with Gasteiger partial charge in [0.15, 0.2) is 0 Å². The zero-order valence-corrected chi connectivity index (χ0v) is 13.0. The zero-order chi connectivity index (χ0) is 15.4. The van der Waals surface area contributed by atoms with Crippen LogP contribution in [0.2, 0.25) is 0 Å². The van der Waals surface area contributed by atoms with Crippen molar-refractivity contribution in [2.24, 2.45) is 0 Å². The number of benzene rings is 2. The predicted octanol–water partition coefficient (Wildman–Crippen LogP) is 4.34. The normalized spacial score (nSPS) is 11.1. The Hall–Kier alpha value is -2.55. The van der Waals surface area contributed by atoms with Gasteiger partial charge in [0, 0.05) is 12.2 Å². The van der Waals surface area contributed by atoms with E-state index in [-0.39, 0.29) is 6.04 Å². The first kappa shape index (κ1) is 14.4. The van der Waals surface area contributed by atoms with Crippen molar-refractivity contribution in [1.82, 2.24) is 9.78 Å². The molecule has 0 aliphatic carbocycles. The summed E-state index contributed by atoms with van der Waals surface area (Å²) in [4.78, 5) is 0. The quantitative estimate of drug-likeness (QED) is 0.757. The van der Waals surface area contributed by atoms with Gasteiger partial charge in [-0.25, -0.2) is 0 Å². The SMILES string of the molecule is CC(C)Nc1cnn(C(c2ccccc2)c2ccccc2)c1. The molecule has 0 aliphatic heterocycles. The van der Waals surface area contributed by atoms with Crippen LogP contribution in [0.15, 0.2) is 73.1 Å². The van der Waals surface area contributed by atoms with Gasteiger partial charge in [-0.2, -0.15) is 5.10 Å². The van der Waals surface area contributed by atoms with Crippen molar-refractivity contribution in [2.45, 2.75) is 25.9 Å². The van der Waals surface area contributed by atoms with Gasteiger partial charge < -0.3 is 5.32 Å². The molecule has 0 amide bonds. The third kappa shape index (κ3) is 3.19. The van der Waals surface area contributed by atoms with Crippen molar-refractivity contribution in [3.8, 4) is 0 Å². The number of anilines is 1. The number of hydrogen-bond acceptors (Lipinski definition) is 2. The van der Waals surface area contributed by atoms with Crippen molar-refractivity contribution < 1.29 is 0 Å². The van der Waals surface area contributed by atoms with Crippen LogP contribution in [0, 0.1) is 0 Å². The number of nitrogens with one attached hydrogen (secondary N) is 1. The molecule has 0 saturated carbocycles. The maximum atomic E-state index is 4.58. The molecule has 1 aromatic heterocycles. The summed E-state index contributed by atoms with van der Waals surface area (Å²) < 4.78 is 2.02. The number of rotatable bonds is 5. The molecule has 0 saturated heterocycles. The second-order valence-corrected chi connectivity index (χ2v) is 5.73. The molecule has 0 bridgehead atoms. The van der Waals surface area contributed by atoms with Gasteiger partial charge in [0.1, 0.15) is 6.04 Å². The summed E-state index contributed by atoms with van der Waals surface area (Å²) in [6.45, 7) is 4.26. The minimum atomic E-state index is 0.0881. The Kier molecular flexibility index (Phi) is 4.24. The first-order valence-corrected chi connectivity index (χ1v) is 7.64. The van der Waals surface area contributed by atoms with Crippen molar-refractivity contribution in [3.63, 3.8) is 0 Å². The van der Waals surface area contributed by atoms with Crippen molar-refractivity contribution in [3.05, 3.63) is 84.2 Å². The molecule has 22 heavy (non-hydrogen) atoms. The van der Waals surface area contributed by atoms with E-state index in [2.05, 4.69) is 79.0 Å². The van der Waals surface area contributed by atoms with Gasteiger partial charge in [0.05, 0.1) is 11.9 Å². The summed E-state index contributed by atoms with van der Waals surface area (Å²) in [7, 11) is 0. The molecule has 0 unspecified atom stereocenters. The lowest BCUT2D eigenvalue weighted by Crippen LogP contribution is -2.13. The summed E-state index contributed by atoms with van der Waals surface area (Å²) in [5.41, 5.74) is 3.51. The second kappa shape index (κ2) is 6.48. The van der Waals surface area contributed by atoms with Crippen LogP contribution in [-0.2, 0) is 0 Å². The Morgan fingerprint density at radius 3 is 1.91 bits per heavy atom. The van der Waals surface area contributed by atoms with Crippen LogP contribution in [0.4, 0.5) is 5.69 Å². The van der Waals surface area contributed by atoms with Crippen LogP contribution in [0.25, 0.3) is 0 Å². The smallest absolute Gasteiger partial charge is 0.102 e. The molecule has 1 heterocycles. The number of hydrogen-bond donors (Lipinski definition) is 1. The topological polar surface area (TPSA) is 29.9 Å². The molecular weight excluding hydrogens is 270 g/mol. The van der Waals surface area contributed by atoms with Gasteiger partial charge in [-0.3, -0.25) is 4.68 Å². The summed E-state index contributed by atoms with van der Waals surface area (Å²) in [6.07, 6.45) is 3.96. The molecule has 2 aromatic carbocycles. The van der Waals surface area contributed by atoms with E-state index in [0.717, 1.165) is 5.69 Å². The minimum Gasteiger partial charge on any atom is -0.380 e. The molecule has 112 valence electrons. The van der Waals surface area contributed by atoms with Crippen molar-refractivity contribution in [2.75, 3.05) is 5.32 Å². The fraction of sp³-hybridized carbons (Fsp3) is 0.211. The van der Waals surface area contributed by atoms with E-state index in [1.54, 1.807) is 0 Å². The highest BCUT2D eigenvalue weighted by molar-refractivity contribution is 5.41. The Bertz CT molecular complexity index is 662. The molecule has 0 spiro atoms. The Balaban J connectivity index is 2.01. The lowest BCUT2D eigenvalue weighted by Gasteiger charge is -2.18. The molecule has 3 nitrogen and oxygen atoms in total. The molecular formula is C19H21N3. The van der Waals surface area contributed by atoms with Gasteiger partial charge in [0.2, 0.25) is 0 Å². The molecule has 1 N–H and O–H groups in total. The lowest BCUT2D eigenvalue weighted by atomic mass is 9.99. The van der Waals surface area contributed by atoms with Crippen LogP contribution in [0.5, 0.6) is 0 Å². The highest BCUT2D eigenvalue weighted by atomic mass is 15.3. The van der Waals surface area contributed by atoms with E-state index in [0.29, 0.717) is 6.04 Å². The predicted molar refractivity (Wildman–Crippen MR) is 91.1 cm³/mol. The Labute approximate surface area is 131 Å². The summed E-state index contributed by atoms with van der Waals surface area (Å²) >= 11 is 0. The van der Waals surface area contributed by atoms with E-state index in [1.807, 2.05) is 23.0 Å². The minimum absolute atomic E-state index is 0.0881. The number of aromatic nitrogens is 2. The van der Waals surface area contributed by atoms with E-state index in [1.165, 1.54) is 11.1 Å². The summed E-state index contributed by atoms with van der Waals surface area (Å²) in [6, 6.07) is 21.4. The van der Waals surface area contributed by atoms with Crippen molar-refractivity contribution >= 4 is 5.69 Å². The Morgan fingerprint density at radius 1 is 0.864 bits per heavy atom. The first-order chi connectivity index (χ1) is 10.7. The third-order valence-electron chi connectivity index (χ3n) is 3.55. The third-order valence-corrected chi connectivity index (χ3v) is 3.55. The largest absolute Gasteiger partial charge is 0.380 e. The molecule has 3 heteroatoms. The van der Waals surface area contributed by atoms with Crippen LogP contribution in [0.3, 0.4) is 0 Å². The Morgan fingerprint density at radius 2 is 1.41 bits per heavy atom. The highest BCUT2D eigenvalue weighted by Crippen LogP contribution is 2.26. The van der Waals surface area contributed by atoms with Crippen LogP contribution >= 0.6 is 0 Å². The van der Waals surface area contributed by atoms with Crippen LogP contribution < -0.4 is 5.32 Å². The fourth-order valence-electron chi connectivity index (χ4n) is 2.66. The molecule has 3 aromatic rings. The fourth-order valence-corrected chi connectivity index (χ4v) is 2.66. The summed E-state index contributed by atoms with van der Waals surface area (Å²) in [5, 5.41) is 7.98. The molecule has 0 radical (unpaired) electrons. The second-order valence-electron chi connectivity index (χ2n) is 5.73. The average molecular weight is 291 g/mol. The lowest BCUT2D eigenvalue weighted by molar-refractivity contribution is 0.595. The summed E-state index contributed by atoms with van der Waals surface area (Å²) in [5.74, 6) is 0. The average Bonchev–Trinajstić information content (AvgIpc) is 2.97. The standard InChI is InChI=1S/C19H21N3/c1-15(2)21-18-13-20-22(14-18)19(16-9-5-3-6-10-16)17-11-7-4-8-12-17/h3-15,19,21H,1-2H3. The van der Waals surface area contributed by atoms with Gasteiger partial charge in [-0.15, -0.1) is 0 Å². The maximum absolute atomic E-state index is 4.58. The van der Waals surface area contributed by atoms with Crippen LogP contribution in [-0.4, -0.2) is 15.8 Å². The van der Waals surface area contributed by atoms with Crippen LogP contribution in [0.1, 0.15) is 31.0 Å². The van der Waals surface area contributed by atoms with Gasteiger partial charge >= 0.3 is 0 Å². The highest BCUT2D eigenvalue weighted by Gasteiger charge is 2.17. The van der Waals surface area contributed by atoms with E-state index >= 15 is 0 Å². The van der Waals surface area contributed by atoms with Gasteiger partial charge in [-0.1, -0.05) is 60.7 Å². The van der Waals surface area contributed by atoms with E-state index < -0.39 is 0 Å². The van der Waals surface area contributed by atoms with Crippen molar-refractivity contribution in [1.29, 1.82) is 0 Å². The van der Waals surface area contributed by atoms with E-state index in [9.17, 15) is 0 Å². The molecule has 0 fully saturated rings. The maximum Gasteiger partial charge on any atom is 0.102 e. The van der Waals surface area contributed by atoms with E-state index in [4.69, 9.17) is 0 Å². The molecule has 0 aliphatic rings. The van der Waals surface area contributed by atoms with Gasteiger partial charge in [-0.05, 0) is 25.0 Å². The number of nitrogens with zero attached hydrogens (tertiary/aromatic N) is 2. The monoisotopic (exact) mass is 291 g/mol. The first-order valence-electron chi connectivity index (χ1n) is 7.64. The van der Waals surface area contributed by atoms with Gasteiger partial charge in [0.25, 0.3) is 0 Å². The zero-order valence-electron chi connectivity index (χ0n) is 13.0. The molecule has 3 rings (SSSR count).